The highest BCUT2D eigenvalue weighted by Crippen LogP contribution is 2.27. The second-order valence-corrected chi connectivity index (χ2v) is 8.88. The molecular weight excluding hydrogens is 442 g/mol. The van der Waals surface area contributed by atoms with Crippen LogP contribution in [0, 0.1) is 0 Å². The molecular formula is C27H25N5O3. The largest absolute Gasteiger partial charge is 0.486 e. The third-order valence-electron chi connectivity index (χ3n) is 6.56. The van der Waals surface area contributed by atoms with Crippen LogP contribution in [-0.4, -0.2) is 48.9 Å². The second-order valence-electron chi connectivity index (χ2n) is 8.88. The fraction of sp³-hybridized carbons (Fsp3) is 0.259. The van der Waals surface area contributed by atoms with Crippen molar-refractivity contribution < 1.29 is 9.53 Å². The molecule has 1 atom stereocenters. The molecule has 1 fully saturated rings. The lowest BCUT2D eigenvalue weighted by atomic mass is 10.2. The van der Waals surface area contributed by atoms with E-state index in [2.05, 4.69) is 4.98 Å². The molecule has 1 amide bonds. The van der Waals surface area contributed by atoms with Crippen LogP contribution in [0.4, 0.5) is 0 Å². The SMILES string of the molecule is CCCn1c(C(=O)N2CCC(Oc3cccc4cccnc34)C2)cc2c(=O)n3ccccc3nc21. The number of amides is 1. The van der Waals surface area contributed by atoms with Crippen LogP contribution in [0.3, 0.4) is 0 Å². The predicted octanol–water partition coefficient (Wildman–Crippen LogP) is 3.90. The van der Waals surface area contributed by atoms with E-state index in [4.69, 9.17) is 9.72 Å². The summed E-state index contributed by atoms with van der Waals surface area (Å²) in [4.78, 5) is 37.7. The molecule has 0 N–H and O–H groups in total. The van der Waals surface area contributed by atoms with Gasteiger partial charge >= 0.3 is 0 Å². The zero-order valence-electron chi connectivity index (χ0n) is 19.4. The van der Waals surface area contributed by atoms with E-state index < -0.39 is 0 Å². The Labute approximate surface area is 201 Å². The molecule has 1 aromatic carbocycles. The monoisotopic (exact) mass is 467 g/mol. The number of ether oxygens (including phenoxy) is 1. The van der Waals surface area contributed by atoms with E-state index in [0.717, 1.165) is 29.5 Å². The highest BCUT2D eigenvalue weighted by Gasteiger charge is 2.31. The molecule has 0 aliphatic carbocycles. The van der Waals surface area contributed by atoms with Gasteiger partial charge in [0.2, 0.25) is 0 Å². The van der Waals surface area contributed by atoms with Crippen molar-refractivity contribution in [3.05, 3.63) is 83.0 Å². The van der Waals surface area contributed by atoms with Gasteiger partial charge in [-0.1, -0.05) is 31.2 Å². The van der Waals surface area contributed by atoms with Gasteiger partial charge in [-0.25, -0.2) is 4.98 Å². The van der Waals surface area contributed by atoms with Crippen molar-refractivity contribution in [1.29, 1.82) is 0 Å². The number of aryl methyl sites for hydroxylation is 1. The van der Waals surface area contributed by atoms with Gasteiger partial charge in [0, 0.05) is 37.3 Å². The third kappa shape index (κ3) is 3.62. The number of carbonyl (C=O) groups is 1. The Kier molecular flexibility index (Phi) is 5.21. The van der Waals surface area contributed by atoms with E-state index in [1.54, 1.807) is 35.5 Å². The van der Waals surface area contributed by atoms with Gasteiger partial charge < -0.3 is 14.2 Å². The van der Waals surface area contributed by atoms with Crippen molar-refractivity contribution in [1.82, 2.24) is 23.8 Å². The minimum Gasteiger partial charge on any atom is -0.486 e. The summed E-state index contributed by atoms with van der Waals surface area (Å²) in [7, 11) is 0. The topological polar surface area (TPSA) is 81.7 Å². The van der Waals surface area contributed by atoms with Crippen LogP contribution in [0.2, 0.25) is 0 Å². The molecule has 0 bridgehead atoms. The number of hydrogen-bond acceptors (Lipinski definition) is 5. The molecule has 1 aliphatic rings. The summed E-state index contributed by atoms with van der Waals surface area (Å²) < 4.78 is 9.69. The number of fused-ring (bicyclic) bond motifs is 3. The van der Waals surface area contributed by atoms with Crippen molar-refractivity contribution in [2.45, 2.75) is 32.4 Å². The zero-order valence-corrected chi connectivity index (χ0v) is 19.4. The fourth-order valence-corrected chi connectivity index (χ4v) is 4.90. The number of pyridine rings is 2. The van der Waals surface area contributed by atoms with E-state index in [9.17, 15) is 9.59 Å². The summed E-state index contributed by atoms with van der Waals surface area (Å²) in [5.74, 6) is 0.624. The minimum absolute atomic E-state index is 0.105. The lowest BCUT2D eigenvalue weighted by molar-refractivity contribution is 0.0762. The predicted molar refractivity (Wildman–Crippen MR) is 134 cm³/mol. The number of rotatable bonds is 5. The van der Waals surface area contributed by atoms with Crippen LogP contribution >= 0.6 is 0 Å². The summed E-state index contributed by atoms with van der Waals surface area (Å²) in [5.41, 5.74) is 2.27. The van der Waals surface area contributed by atoms with Gasteiger partial charge in [-0.05, 0) is 36.8 Å². The molecule has 1 aliphatic heterocycles. The maximum atomic E-state index is 13.6. The summed E-state index contributed by atoms with van der Waals surface area (Å²) in [6.45, 7) is 3.72. The average molecular weight is 468 g/mol. The quantitative estimate of drug-likeness (QED) is 0.392. The van der Waals surface area contributed by atoms with Gasteiger partial charge in [0.1, 0.15) is 34.4 Å². The van der Waals surface area contributed by atoms with Crippen molar-refractivity contribution in [3.63, 3.8) is 0 Å². The van der Waals surface area contributed by atoms with Crippen LogP contribution in [0.25, 0.3) is 27.6 Å². The maximum Gasteiger partial charge on any atom is 0.270 e. The average Bonchev–Trinajstić information content (AvgIpc) is 3.50. The number of para-hydroxylation sites is 1. The number of hydrogen-bond donors (Lipinski definition) is 0. The summed E-state index contributed by atoms with van der Waals surface area (Å²) >= 11 is 0. The van der Waals surface area contributed by atoms with Crippen LogP contribution in [0.15, 0.2) is 71.8 Å². The van der Waals surface area contributed by atoms with Crippen LogP contribution in [-0.2, 0) is 6.54 Å². The number of nitrogens with zero attached hydrogens (tertiary/aromatic N) is 5. The van der Waals surface area contributed by atoms with Gasteiger partial charge in [0.15, 0.2) is 0 Å². The first-order valence-electron chi connectivity index (χ1n) is 11.9. The Morgan fingerprint density at radius 1 is 1.14 bits per heavy atom. The Morgan fingerprint density at radius 2 is 2.03 bits per heavy atom. The Morgan fingerprint density at radius 3 is 2.91 bits per heavy atom. The van der Waals surface area contributed by atoms with Crippen molar-refractivity contribution in [2.75, 3.05) is 13.1 Å². The molecule has 0 spiro atoms. The Bertz CT molecular complexity index is 1630. The summed E-state index contributed by atoms with van der Waals surface area (Å²) in [6, 6.07) is 16.9. The maximum absolute atomic E-state index is 13.6. The minimum atomic E-state index is -0.166. The molecule has 35 heavy (non-hydrogen) atoms. The van der Waals surface area contributed by atoms with Crippen LogP contribution < -0.4 is 10.3 Å². The van der Waals surface area contributed by atoms with E-state index in [-0.39, 0.29) is 17.6 Å². The molecule has 5 heterocycles. The molecule has 1 unspecified atom stereocenters. The first-order chi connectivity index (χ1) is 17.1. The molecule has 0 saturated carbocycles. The van der Waals surface area contributed by atoms with Gasteiger partial charge in [-0.3, -0.25) is 19.0 Å². The number of benzene rings is 1. The molecule has 1 saturated heterocycles. The second kappa shape index (κ2) is 8.54. The van der Waals surface area contributed by atoms with Gasteiger partial charge in [0.25, 0.3) is 11.5 Å². The zero-order chi connectivity index (χ0) is 23.9. The third-order valence-corrected chi connectivity index (χ3v) is 6.56. The highest BCUT2D eigenvalue weighted by atomic mass is 16.5. The van der Waals surface area contributed by atoms with Crippen molar-refractivity contribution >= 4 is 33.5 Å². The smallest absolute Gasteiger partial charge is 0.270 e. The standard InChI is InChI=1S/C27H25N5O3/c1-2-13-31-21(16-20-25(31)29-23-10-3-4-14-32(23)26(20)33)27(34)30-15-11-19(17-30)35-22-9-5-7-18-8-6-12-28-24(18)22/h3-10,12,14,16,19H,2,11,13,15,17H2,1H3. The molecule has 5 aromatic rings. The molecule has 4 aromatic heterocycles. The first-order valence-corrected chi connectivity index (χ1v) is 11.9. The highest BCUT2D eigenvalue weighted by molar-refractivity contribution is 5.98. The van der Waals surface area contributed by atoms with Gasteiger partial charge in [-0.15, -0.1) is 0 Å². The molecule has 8 heteroatoms. The fourth-order valence-electron chi connectivity index (χ4n) is 4.90. The first kappa shape index (κ1) is 21.3. The molecule has 6 rings (SSSR count). The van der Waals surface area contributed by atoms with Gasteiger partial charge in [-0.2, -0.15) is 0 Å². The Balaban J connectivity index is 1.31. The van der Waals surface area contributed by atoms with E-state index in [1.807, 2.05) is 47.9 Å². The molecule has 0 radical (unpaired) electrons. The number of likely N-dealkylation sites (tertiary alicyclic amines) is 1. The van der Waals surface area contributed by atoms with Gasteiger partial charge in [0.05, 0.1) is 11.9 Å². The molecule has 176 valence electrons. The number of aromatic nitrogens is 4. The summed E-state index contributed by atoms with van der Waals surface area (Å²) in [5, 5.41) is 1.48. The van der Waals surface area contributed by atoms with Crippen molar-refractivity contribution in [3.8, 4) is 5.75 Å². The van der Waals surface area contributed by atoms with E-state index in [0.29, 0.717) is 42.0 Å². The normalized spacial score (nSPS) is 15.9. The number of carbonyl (C=O) groups excluding carboxylic acids is 1. The van der Waals surface area contributed by atoms with Crippen LogP contribution in [0.1, 0.15) is 30.3 Å². The van der Waals surface area contributed by atoms with E-state index in [1.165, 1.54) is 4.40 Å². The lowest BCUT2D eigenvalue weighted by Crippen LogP contribution is -2.32. The van der Waals surface area contributed by atoms with E-state index >= 15 is 0 Å². The summed E-state index contributed by atoms with van der Waals surface area (Å²) in [6.07, 6.45) is 4.88. The molecule has 8 nitrogen and oxygen atoms in total. The van der Waals surface area contributed by atoms with Crippen molar-refractivity contribution in [2.24, 2.45) is 0 Å². The Hall–Kier alpha value is -4.20. The van der Waals surface area contributed by atoms with Crippen LogP contribution in [0.5, 0.6) is 5.75 Å². The lowest BCUT2D eigenvalue weighted by Gasteiger charge is -2.19.